The summed E-state index contributed by atoms with van der Waals surface area (Å²) in [6.07, 6.45) is 0. The van der Waals surface area contributed by atoms with Crippen LogP contribution in [0, 0.1) is 15.9 Å². The SMILES string of the molecule is CNC1=C([N+](=O)[O-])C(c2ccc(F)cc2)c2ccc3[nH]c4ccccc4c3c2O1. The van der Waals surface area contributed by atoms with Crippen LogP contribution >= 0.6 is 0 Å². The third kappa shape index (κ3) is 2.55. The number of fused-ring (bicyclic) bond motifs is 5. The average molecular weight is 389 g/mol. The van der Waals surface area contributed by atoms with Gasteiger partial charge in [0.15, 0.2) is 0 Å². The van der Waals surface area contributed by atoms with Crippen LogP contribution in [0.3, 0.4) is 0 Å². The Morgan fingerprint density at radius 3 is 2.55 bits per heavy atom. The van der Waals surface area contributed by atoms with Crippen molar-refractivity contribution in [1.82, 2.24) is 10.3 Å². The maximum atomic E-state index is 13.5. The molecule has 1 atom stereocenters. The van der Waals surface area contributed by atoms with E-state index in [2.05, 4.69) is 10.3 Å². The molecule has 7 heteroatoms. The third-order valence-corrected chi connectivity index (χ3v) is 5.30. The van der Waals surface area contributed by atoms with Crippen LogP contribution in [-0.4, -0.2) is 17.0 Å². The van der Waals surface area contributed by atoms with Gasteiger partial charge in [0.05, 0.1) is 15.8 Å². The first-order valence-corrected chi connectivity index (χ1v) is 9.11. The Morgan fingerprint density at radius 1 is 1.07 bits per heavy atom. The molecule has 0 spiro atoms. The minimum absolute atomic E-state index is 0.0783. The first-order valence-electron chi connectivity index (χ1n) is 9.11. The molecule has 4 aromatic rings. The van der Waals surface area contributed by atoms with E-state index >= 15 is 0 Å². The minimum Gasteiger partial charge on any atom is -0.434 e. The molecule has 3 aromatic carbocycles. The highest BCUT2D eigenvalue weighted by atomic mass is 19.1. The smallest absolute Gasteiger partial charge is 0.317 e. The van der Waals surface area contributed by atoms with E-state index in [9.17, 15) is 14.5 Å². The Morgan fingerprint density at radius 2 is 1.83 bits per heavy atom. The van der Waals surface area contributed by atoms with E-state index in [0.29, 0.717) is 16.9 Å². The summed E-state index contributed by atoms with van der Waals surface area (Å²) in [5.41, 5.74) is 3.01. The summed E-state index contributed by atoms with van der Waals surface area (Å²) >= 11 is 0. The molecule has 29 heavy (non-hydrogen) atoms. The van der Waals surface area contributed by atoms with Gasteiger partial charge in [-0.3, -0.25) is 10.1 Å². The van der Waals surface area contributed by atoms with Crippen LogP contribution in [0.2, 0.25) is 0 Å². The maximum Gasteiger partial charge on any atom is 0.317 e. The number of benzene rings is 3. The Labute approximate surface area is 164 Å². The van der Waals surface area contributed by atoms with E-state index < -0.39 is 16.7 Å². The molecule has 5 rings (SSSR count). The number of nitrogens with one attached hydrogen (secondary N) is 2. The van der Waals surface area contributed by atoms with Crippen molar-refractivity contribution in [3.05, 3.63) is 99.3 Å². The number of allylic oxidation sites excluding steroid dienone is 1. The van der Waals surface area contributed by atoms with Crippen molar-refractivity contribution in [2.24, 2.45) is 0 Å². The van der Waals surface area contributed by atoms with Crippen LogP contribution in [0.15, 0.2) is 72.2 Å². The summed E-state index contributed by atoms with van der Waals surface area (Å²) < 4.78 is 19.5. The zero-order valence-corrected chi connectivity index (χ0v) is 15.4. The monoisotopic (exact) mass is 389 g/mol. The molecule has 0 bridgehead atoms. The van der Waals surface area contributed by atoms with Gasteiger partial charge in [-0.1, -0.05) is 36.4 Å². The summed E-state index contributed by atoms with van der Waals surface area (Å²) in [5.74, 6) is -0.456. The van der Waals surface area contributed by atoms with Crippen molar-refractivity contribution in [3.8, 4) is 5.75 Å². The number of aromatic amines is 1. The fourth-order valence-electron chi connectivity index (χ4n) is 4.06. The van der Waals surface area contributed by atoms with Gasteiger partial charge in [0, 0.05) is 23.5 Å². The third-order valence-electron chi connectivity index (χ3n) is 5.30. The lowest BCUT2D eigenvalue weighted by molar-refractivity contribution is -0.432. The molecule has 1 unspecified atom stereocenters. The zero-order chi connectivity index (χ0) is 20.1. The van der Waals surface area contributed by atoms with E-state index in [1.165, 1.54) is 12.1 Å². The highest BCUT2D eigenvalue weighted by Crippen LogP contribution is 2.47. The van der Waals surface area contributed by atoms with Crippen LogP contribution in [0.5, 0.6) is 5.75 Å². The number of hydrogen-bond donors (Lipinski definition) is 2. The normalized spacial score (nSPS) is 16.0. The summed E-state index contributed by atoms with van der Waals surface area (Å²) in [5, 5.41) is 16.6. The molecule has 1 aliphatic heterocycles. The molecule has 1 aliphatic rings. The second-order valence-corrected chi connectivity index (χ2v) is 6.89. The Balaban J connectivity index is 1.86. The molecule has 1 aromatic heterocycles. The van der Waals surface area contributed by atoms with Crippen molar-refractivity contribution >= 4 is 21.8 Å². The van der Waals surface area contributed by atoms with Crippen molar-refractivity contribution in [1.29, 1.82) is 0 Å². The predicted molar refractivity (Wildman–Crippen MR) is 108 cm³/mol. The number of nitro groups is 1. The first kappa shape index (κ1) is 17.2. The molecule has 0 aliphatic carbocycles. The molecule has 144 valence electrons. The molecule has 0 saturated carbocycles. The summed E-state index contributed by atoms with van der Waals surface area (Å²) in [7, 11) is 1.58. The van der Waals surface area contributed by atoms with Gasteiger partial charge in [-0.2, -0.15) is 0 Å². The number of rotatable bonds is 3. The first-order chi connectivity index (χ1) is 14.1. The predicted octanol–water partition coefficient (Wildman–Crippen LogP) is 4.65. The number of nitrogens with zero attached hydrogens (tertiary/aromatic N) is 1. The fourth-order valence-corrected chi connectivity index (χ4v) is 4.06. The fraction of sp³-hybridized carbons (Fsp3) is 0.0909. The topological polar surface area (TPSA) is 80.2 Å². The second-order valence-electron chi connectivity index (χ2n) is 6.89. The van der Waals surface area contributed by atoms with Gasteiger partial charge >= 0.3 is 5.70 Å². The van der Waals surface area contributed by atoms with Gasteiger partial charge in [-0.05, 0) is 29.8 Å². The molecule has 0 saturated heterocycles. The van der Waals surface area contributed by atoms with E-state index in [1.54, 1.807) is 19.2 Å². The number of ether oxygens (including phenoxy) is 1. The van der Waals surface area contributed by atoms with E-state index in [0.717, 1.165) is 21.8 Å². The largest absolute Gasteiger partial charge is 0.434 e. The van der Waals surface area contributed by atoms with Crippen molar-refractivity contribution in [2.45, 2.75) is 5.92 Å². The van der Waals surface area contributed by atoms with Gasteiger partial charge < -0.3 is 15.0 Å². The Kier molecular flexibility index (Phi) is 3.77. The number of H-pyrrole nitrogens is 1. The van der Waals surface area contributed by atoms with Crippen LogP contribution in [-0.2, 0) is 0 Å². The zero-order valence-electron chi connectivity index (χ0n) is 15.4. The minimum atomic E-state index is -0.699. The van der Waals surface area contributed by atoms with Gasteiger partial charge in [0.1, 0.15) is 17.5 Å². The van der Waals surface area contributed by atoms with Gasteiger partial charge in [0.25, 0.3) is 5.88 Å². The van der Waals surface area contributed by atoms with E-state index in [-0.39, 0.29) is 11.6 Å². The molecule has 2 heterocycles. The summed E-state index contributed by atoms with van der Waals surface area (Å²) in [6, 6.07) is 17.3. The van der Waals surface area contributed by atoms with Crippen molar-refractivity contribution in [2.75, 3.05) is 7.05 Å². The van der Waals surface area contributed by atoms with E-state index in [1.807, 2.05) is 36.4 Å². The number of hydrogen-bond acceptors (Lipinski definition) is 4. The van der Waals surface area contributed by atoms with E-state index in [4.69, 9.17) is 4.74 Å². The lowest BCUT2D eigenvalue weighted by Gasteiger charge is -2.26. The van der Waals surface area contributed by atoms with Crippen LogP contribution in [0.4, 0.5) is 4.39 Å². The molecule has 2 N–H and O–H groups in total. The lowest BCUT2D eigenvalue weighted by Crippen LogP contribution is -2.27. The quantitative estimate of drug-likeness (QED) is 0.395. The highest BCUT2D eigenvalue weighted by Gasteiger charge is 2.40. The van der Waals surface area contributed by atoms with Crippen molar-refractivity contribution in [3.63, 3.8) is 0 Å². The molecular formula is C22H16FN3O3. The molecule has 0 amide bonds. The average Bonchev–Trinajstić information content (AvgIpc) is 3.12. The molecular weight excluding hydrogens is 373 g/mol. The lowest BCUT2D eigenvalue weighted by atomic mass is 9.85. The summed E-state index contributed by atoms with van der Waals surface area (Å²) in [4.78, 5) is 14.9. The maximum absolute atomic E-state index is 13.5. The van der Waals surface area contributed by atoms with Crippen LogP contribution in [0.1, 0.15) is 17.0 Å². The number of aromatic nitrogens is 1. The van der Waals surface area contributed by atoms with Gasteiger partial charge in [-0.15, -0.1) is 0 Å². The van der Waals surface area contributed by atoms with Gasteiger partial charge in [-0.25, -0.2) is 4.39 Å². The summed E-state index contributed by atoms with van der Waals surface area (Å²) in [6.45, 7) is 0. The van der Waals surface area contributed by atoms with Crippen LogP contribution in [0.25, 0.3) is 21.8 Å². The number of para-hydroxylation sites is 1. The van der Waals surface area contributed by atoms with Crippen LogP contribution < -0.4 is 10.1 Å². The molecule has 6 nitrogen and oxygen atoms in total. The highest BCUT2D eigenvalue weighted by molar-refractivity contribution is 6.11. The second kappa shape index (κ2) is 6.34. The standard InChI is InChI=1S/C22H16FN3O3/c1-24-22-20(26(27)28)18(12-6-8-13(23)9-7-12)15-10-11-17-19(21(15)29-22)14-4-2-3-5-16(14)25-17/h2-11,18,24-25H,1H3. The molecule has 0 radical (unpaired) electrons. The van der Waals surface area contributed by atoms with Gasteiger partial charge in [0.2, 0.25) is 0 Å². The Bertz CT molecular complexity index is 1310. The number of halogens is 1. The Hall–Kier alpha value is -3.87. The molecule has 0 fully saturated rings. The van der Waals surface area contributed by atoms with Crippen molar-refractivity contribution < 1.29 is 14.1 Å².